The number of aryl methyl sites for hydroxylation is 1. The Morgan fingerprint density at radius 2 is 1.18 bits per heavy atom. The predicted molar refractivity (Wildman–Crippen MR) is 134 cm³/mol. The molecule has 0 spiro atoms. The van der Waals surface area contributed by atoms with E-state index in [2.05, 4.69) is 5.32 Å². The highest BCUT2D eigenvalue weighted by molar-refractivity contribution is 7.74. The summed E-state index contributed by atoms with van der Waals surface area (Å²) in [7, 11) is -3.50. The van der Waals surface area contributed by atoms with Gasteiger partial charge in [0.15, 0.2) is 5.76 Å². The van der Waals surface area contributed by atoms with Gasteiger partial charge in [0.1, 0.15) is 0 Å². The zero-order valence-corrected chi connectivity index (χ0v) is 19.1. The van der Waals surface area contributed by atoms with Gasteiger partial charge in [0.05, 0.1) is 10.6 Å². The molecule has 33 heavy (non-hydrogen) atoms. The Kier molecular flexibility index (Phi) is 6.87. The van der Waals surface area contributed by atoms with Crippen molar-refractivity contribution >= 4 is 29.6 Å². The van der Waals surface area contributed by atoms with Crippen LogP contribution in [0.25, 0.3) is 5.76 Å². The third-order valence-electron chi connectivity index (χ3n) is 5.13. The Bertz CT molecular complexity index is 1240. The van der Waals surface area contributed by atoms with Crippen molar-refractivity contribution in [2.24, 2.45) is 0 Å². The van der Waals surface area contributed by atoms with E-state index in [1.807, 2.05) is 85.8 Å². The highest BCUT2D eigenvalue weighted by Gasteiger charge is 2.31. The van der Waals surface area contributed by atoms with E-state index in [0.29, 0.717) is 27.5 Å². The lowest BCUT2D eigenvalue weighted by molar-refractivity contribution is 0.0969. The van der Waals surface area contributed by atoms with Crippen molar-refractivity contribution in [1.29, 1.82) is 0 Å². The topological polar surface area (TPSA) is 55.4 Å². The van der Waals surface area contributed by atoms with E-state index in [-0.39, 0.29) is 5.91 Å². The van der Waals surface area contributed by atoms with E-state index in [0.717, 1.165) is 5.56 Å². The molecule has 0 unspecified atom stereocenters. The van der Waals surface area contributed by atoms with Crippen LogP contribution < -0.4 is 15.9 Å². The van der Waals surface area contributed by atoms with Gasteiger partial charge < -0.3 is 9.84 Å². The monoisotopic (exact) mass is 453 g/mol. The first kappa shape index (κ1) is 22.3. The van der Waals surface area contributed by atoms with Crippen molar-refractivity contribution in [3.05, 3.63) is 138 Å². The molecule has 164 valence electrons. The van der Waals surface area contributed by atoms with Crippen LogP contribution in [0.1, 0.15) is 21.5 Å². The molecule has 4 aromatic rings. The van der Waals surface area contributed by atoms with Crippen LogP contribution in [0.2, 0.25) is 0 Å². The molecule has 4 nitrogen and oxygen atoms in total. The molecule has 4 rings (SSSR count). The van der Waals surface area contributed by atoms with Gasteiger partial charge in [-0.25, -0.2) is 0 Å². The molecule has 0 fully saturated rings. The second-order valence-corrected chi connectivity index (χ2v) is 9.85. The Balaban J connectivity index is 1.73. The van der Waals surface area contributed by atoms with E-state index in [9.17, 15) is 9.36 Å². The van der Waals surface area contributed by atoms with Crippen molar-refractivity contribution in [3.63, 3.8) is 0 Å². The zero-order valence-electron chi connectivity index (χ0n) is 18.2. The van der Waals surface area contributed by atoms with E-state index < -0.39 is 7.37 Å². The quantitative estimate of drug-likeness (QED) is 0.290. The number of benzene rings is 4. The summed E-state index contributed by atoms with van der Waals surface area (Å²) in [5.41, 5.74) is 2.30. The molecule has 0 aliphatic heterocycles. The molecule has 4 aromatic carbocycles. The molecule has 0 bridgehead atoms. The summed E-state index contributed by atoms with van der Waals surface area (Å²) in [6.07, 6.45) is 1.48. The summed E-state index contributed by atoms with van der Waals surface area (Å²) in [5.74, 6) is 0.0355. The summed E-state index contributed by atoms with van der Waals surface area (Å²) in [4.78, 5) is 12.7. The van der Waals surface area contributed by atoms with Crippen LogP contribution in [-0.2, 0) is 9.09 Å². The summed E-state index contributed by atoms with van der Waals surface area (Å²) >= 11 is 0. The third-order valence-corrected chi connectivity index (χ3v) is 7.54. The fourth-order valence-electron chi connectivity index (χ4n) is 3.33. The molecule has 0 saturated heterocycles. The standard InChI is InChI=1S/C28H24NO3P/c1-22-17-19-24(20-18-22)28(30)29-21-27(23-11-5-2-6-12-23)32-33(31,25-13-7-3-8-14-25)26-15-9-4-10-16-26/h2-21H,1H3,(H,29,30). The van der Waals surface area contributed by atoms with Gasteiger partial charge in [-0.1, -0.05) is 84.4 Å². The minimum Gasteiger partial charge on any atom is -0.435 e. The molecule has 0 atom stereocenters. The molecule has 5 heteroatoms. The fraction of sp³-hybridized carbons (Fsp3) is 0.0357. The summed E-state index contributed by atoms with van der Waals surface area (Å²) < 4.78 is 20.7. The van der Waals surface area contributed by atoms with Crippen molar-refractivity contribution in [2.75, 3.05) is 0 Å². The highest BCUT2D eigenvalue weighted by Crippen LogP contribution is 2.48. The van der Waals surface area contributed by atoms with Gasteiger partial charge in [0.2, 0.25) is 0 Å². The molecular formula is C28H24NO3P. The van der Waals surface area contributed by atoms with Crippen molar-refractivity contribution in [3.8, 4) is 0 Å². The smallest absolute Gasteiger partial charge is 0.306 e. The van der Waals surface area contributed by atoms with Gasteiger partial charge in [-0.05, 0) is 43.3 Å². The molecular weight excluding hydrogens is 429 g/mol. The van der Waals surface area contributed by atoms with Crippen molar-refractivity contribution in [1.82, 2.24) is 5.32 Å². The number of carbonyl (C=O) groups is 1. The lowest BCUT2D eigenvalue weighted by Crippen LogP contribution is -2.20. The Hall–Kier alpha value is -3.88. The second kappa shape index (κ2) is 10.2. The zero-order chi connectivity index (χ0) is 23.1. The number of rotatable bonds is 7. The number of hydrogen-bond donors (Lipinski definition) is 1. The van der Waals surface area contributed by atoms with Crippen LogP contribution in [0.3, 0.4) is 0 Å². The van der Waals surface area contributed by atoms with Crippen LogP contribution in [0.15, 0.2) is 121 Å². The first-order valence-electron chi connectivity index (χ1n) is 10.6. The van der Waals surface area contributed by atoms with Crippen LogP contribution in [0.5, 0.6) is 0 Å². The van der Waals surface area contributed by atoms with Gasteiger partial charge in [-0.2, -0.15) is 0 Å². The van der Waals surface area contributed by atoms with Gasteiger partial charge >= 0.3 is 7.37 Å². The Morgan fingerprint density at radius 1 is 0.697 bits per heavy atom. The van der Waals surface area contributed by atoms with Crippen LogP contribution >= 0.6 is 7.37 Å². The Labute approximate surface area is 194 Å². The lowest BCUT2D eigenvalue weighted by Gasteiger charge is -2.22. The summed E-state index contributed by atoms with van der Waals surface area (Å²) in [5, 5.41) is 3.94. The van der Waals surface area contributed by atoms with E-state index >= 15 is 0 Å². The number of nitrogens with one attached hydrogen (secondary N) is 1. The molecule has 0 heterocycles. The number of carbonyl (C=O) groups excluding carboxylic acids is 1. The number of amides is 1. The molecule has 0 aromatic heterocycles. The van der Waals surface area contributed by atoms with E-state index in [4.69, 9.17) is 4.52 Å². The molecule has 0 saturated carbocycles. The predicted octanol–water partition coefficient (Wildman–Crippen LogP) is 5.67. The average Bonchev–Trinajstić information content (AvgIpc) is 2.88. The van der Waals surface area contributed by atoms with Gasteiger partial charge in [-0.3, -0.25) is 9.36 Å². The van der Waals surface area contributed by atoms with Gasteiger partial charge in [0, 0.05) is 17.3 Å². The molecule has 0 aliphatic carbocycles. The molecule has 0 aliphatic rings. The van der Waals surface area contributed by atoms with Gasteiger partial charge in [-0.15, -0.1) is 0 Å². The van der Waals surface area contributed by atoms with Gasteiger partial charge in [0.25, 0.3) is 5.91 Å². The van der Waals surface area contributed by atoms with Crippen molar-refractivity contribution in [2.45, 2.75) is 6.92 Å². The molecule has 0 radical (unpaired) electrons. The van der Waals surface area contributed by atoms with Crippen molar-refractivity contribution < 1.29 is 13.9 Å². The number of hydrogen-bond acceptors (Lipinski definition) is 3. The molecule has 1 N–H and O–H groups in total. The minimum atomic E-state index is -3.50. The van der Waals surface area contributed by atoms with Crippen LogP contribution in [0, 0.1) is 6.92 Å². The maximum Gasteiger partial charge on any atom is 0.306 e. The summed E-state index contributed by atoms with van der Waals surface area (Å²) in [6.45, 7) is 1.97. The van der Waals surface area contributed by atoms with Crippen LogP contribution in [-0.4, -0.2) is 5.91 Å². The molecule has 1 amide bonds. The maximum atomic E-state index is 14.4. The highest BCUT2D eigenvalue weighted by atomic mass is 31.2. The second-order valence-electron chi connectivity index (χ2n) is 7.53. The van der Waals surface area contributed by atoms with Crippen LogP contribution in [0.4, 0.5) is 0 Å². The summed E-state index contributed by atoms with van der Waals surface area (Å²) in [6, 6.07) is 34.9. The van der Waals surface area contributed by atoms with E-state index in [1.54, 1.807) is 36.4 Å². The first-order chi connectivity index (χ1) is 16.1. The normalized spacial score (nSPS) is 11.6. The minimum absolute atomic E-state index is 0.277. The average molecular weight is 453 g/mol. The largest absolute Gasteiger partial charge is 0.435 e. The third kappa shape index (κ3) is 5.31. The SMILES string of the molecule is Cc1ccc(C(=O)NC=C(OP(=O)(c2ccccc2)c2ccccc2)c2ccccc2)cc1. The van der Waals surface area contributed by atoms with E-state index in [1.165, 1.54) is 6.20 Å². The lowest BCUT2D eigenvalue weighted by atomic mass is 10.1. The maximum absolute atomic E-state index is 14.4. The Morgan fingerprint density at radius 3 is 1.70 bits per heavy atom. The first-order valence-corrected chi connectivity index (χ1v) is 12.2. The fourth-order valence-corrected chi connectivity index (χ4v) is 5.40.